The SMILES string of the molecule is CC(C)Cc1nc(CC(C)(C)C)n(C)n1. The molecular weight excluding hydrogens is 186 g/mol. The Balaban J connectivity index is 2.78. The summed E-state index contributed by atoms with van der Waals surface area (Å²) in [4.78, 5) is 4.59. The third-order valence-electron chi connectivity index (χ3n) is 2.18. The van der Waals surface area contributed by atoms with Crippen molar-refractivity contribution in [3.8, 4) is 0 Å². The van der Waals surface area contributed by atoms with Crippen LogP contribution in [0.2, 0.25) is 0 Å². The van der Waals surface area contributed by atoms with Crippen LogP contribution < -0.4 is 0 Å². The van der Waals surface area contributed by atoms with E-state index in [9.17, 15) is 0 Å². The zero-order chi connectivity index (χ0) is 11.6. The largest absolute Gasteiger partial charge is 0.253 e. The van der Waals surface area contributed by atoms with E-state index in [0.717, 1.165) is 24.5 Å². The monoisotopic (exact) mass is 209 g/mol. The molecule has 0 aliphatic carbocycles. The molecule has 1 aromatic heterocycles. The van der Waals surface area contributed by atoms with Crippen LogP contribution in [0.4, 0.5) is 0 Å². The van der Waals surface area contributed by atoms with Crippen LogP contribution in [-0.4, -0.2) is 14.8 Å². The Morgan fingerprint density at radius 2 is 1.87 bits per heavy atom. The van der Waals surface area contributed by atoms with E-state index < -0.39 is 0 Å². The third-order valence-corrected chi connectivity index (χ3v) is 2.18. The summed E-state index contributed by atoms with van der Waals surface area (Å²) in [5.41, 5.74) is 0.274. The maximum atomic E-state index is 4.59. The van der Waals surface area contributed by atoms with Crippen LogP contribution in [0, 0.1) is 11.3 Å². The van der Waals surface area contributed by atoms with E-state index in [4.69, 9.17) is 0 Å². The smallest absolute Gasteiger partial charge is 0.151 e. The lowest BCUT2D eigenvalue weighted by Gasteiger charge is -2.16. The number of nitrogens with zero attached hydrogens (tertiary/aromatic N) is 3. The number of hydrogen-bond donors (Lipinski definition) is 0. The zero-order valence-corrected chi connectivity index (χ0v) is 10.8. The molecule has 0 aromatic carbocycles. The van der Waals surface area contributed by atoms with Crippen LogP contribution in [0.1, 0.15) is 46.3 Å². The predicted molar refractivity (Wildman–Crippen MR) is 62.7 cm³/mol. The lowest BCUT2D eigenvalue weighted by atomic mass is 9.92. The first-order valence-corrected chi connectivity index (χ1v) is 5.67. The number of rotatable bonds is 3. The first-order chi connectivity index (χ1) is 6.78. The van der Waals surface area contributed by atoms with Crippen molar-refractivity contribution in [2.75, 3.05) is 0 Å². The van der Waals surface area contributed by atoms with Crippen LogP contribution >= 0.6 is 0 Å². The van der Waals surface area contributed by atoms with E-state index >= 15 is 0 Å². The fourth-order valence-electron chi connectivity index (χ4n) is 1.55. The highest BCUT2D eigenvalue weighted by molar-refractivity contribution is 4.96. The van der Waals surface area contributed by atoms with E-state index in [1.807, 2.05) is 11.7 Å². The molecule has 0 saturated carbocycles. The predicted octanol–water partition coefficient (Wildman–Crippen LogP) is 2.60. The molecule has 0 unspecified atom stereocenters. The number of hydrogen-bond acceptors (Lipinski definition) is 2. The normalized spacial score (nSPS) is 12.5. The minimum atomic E-state index is 0.274. The lowest BCUT2D eigenvalue weighted by molar-refractivity contribution is 0.392. The van der Waals surface area contributed by atoms with Gasteiger partial charge in [0.05, 0.1) is 0 Å². The summed E-state index contributed by atoms with van der Waals surface area (Å²) >= 11 is 0. The molecule has 0 fully saturated rings. The van der Waals surface area contributed by atoms with Crippen molar-refractivity contribution in [1.29, 1.82) is 0 Å². The Kier molecular flexibility index (Phi) is 3.53. The second-order valence-electron chi connectivity index (χ2n) is 5.90. The van der Waals surface area contributed by atoms with Crippen molar-refractivity contribution in [1.82, 2.24) is 14.8 Å². The molecule has 0 radical (unpaired) electrons. The molecule has 0 saturated heterocycles. The van der Waals surface area contributed by atoms with Crippen LogP contribution in [0.25, 0.3) is 0 Å². The van der Waals surface area contributed by atoms with Gasteiger partial charge in [0.25, 0.3) is 0 Å². The maximum absolute atomic E-state index is 4.59. The number of aromatic nitrogens is 3. The van der Waals surface area contributed by atoms with Gasteiger partial charge in [-0.1, -0.05) is 34.6 Å². The fourth-order valence-corrected chi connectivity index (χ4v) is 1.55. The minimum Gasteiger partial charge on any atom is -0.253 e. The highest BCUT2D eigenvalue weighted by Crippen LogP contribution is 2.19. The van der Waals surface area contributed by atoms with Gasteiger partial charge < -0.3 is 0 Å². The van der Waals surface area contributed by atoms with Gasteiger partial charge in [-0.15, -0.1) is 0 Å². The van der Waals surface area contributed by atoms with Gasteiger partial charge in [-0.05, 0) is 11.3 Å². The second kappa shape index (κ2) is 4.33. The van der Waals surface area contributed by atoms with E-state index in [2.05, 4.69) is 44.7 Å². The molecule has 0 N–H and O–H groups in total. The first-order valence-electron chi connectivity index (χ1n) is 5.67. The first kappa shape index (κ1) is 12.2. The van der Waals surface area contributed by atoms with Crippen molar-refractivity contribution in [3.63, 3.8) is 0 Å². The van der Waals surface area contributed by atoms with Gasteiger partial charge in [-0.2, -0.15) is 5.10 Å². The van der Waals surface area contributed by atoms with E-state index in [-0.39, 0.29) is 5.41 Å². The standard InChI is InChI=1S/C12H23N3/c1-9(2)7-10-13-11(15(6)14-10)8-12(3,4)5/h9H,7-8H2,1-6H3. The number of aryl methyl sites for hydroxylation is 1. The lowest BCUT2D eigenvalue weighted by Crippen LogP contribution is -2.13. The highest BCUT2D eigenvalue weighted by atomic mass is 15.3. The van der Waals surface area contributed by atoms with Gasteiger partial charge >= 0.3 is 0 Å². The molecule has 1 rings (SSSR count). The van der Waals surface area contributed by atoms with Gasteiger partial charge in [0.2, 0.25) is 0 Å². The van der Waals surface area contributed by atoms with E-state index in [1.165, 1.54) is 0 Å². The van der Waals surface area contributed by atoms with Gasteiger partial charge in [-0.3, -0.25) is 4.68 Å². The van der Waals surface area contributed by atoms with Crippen LogP contribution in [0.3, 0.4) is 0 Å². The van der Waals surface area contributed by atoms with E-state index in [0.29, 0.717) is 5.92 Å². The van der Waals surface area contributed by atoms with Crippen LogP contribution in [-0.2, 0) is 19.9 Å². The van der Waals surface area contributed by atoms with Gasteiger partial charge in [0.15, 0.2) is 5.82 Å². The molecule has 3 nitrogen and oxygen atoms in total. The molecular formula is C12H23N3. The third kappa shape index (κ3) is 4.02. The molecule has 86 valence electrons. The summed E-state index contributed by atoms with van der Waals surface area (Å²) in [6, 6.07) is 0. The summed E-state index contributed by atoms with van der Waals surface area (Å²) in [6.07, 6.45) is 1.95. The molecule has 1 aromatic rings. The molecule has 0 atom stereocenters. The summed E-state index contributed by atoms with van der Waals surface area (Å²) in [5.74, 6) is 2.69. The molecule has 0 bridgehead atoms. The summed E-state index contributed by atoms with van der Waals surface area (Å²) in [5, 5.41) is 4.44. The molecule has 1 heterocycles. The molecule has 0 aliphatic rings. The molecule has 0 amide bonds. The summed E-state index contributed by atoms with van der Waals surface area (Å²) in [6.45, 7) is 11.1. The van der Waals surface area contributed by atoms with Crippen molar-refractivity contribution in [2.45, 2.75) is 47.5 Å². The maximum Gasteiger partial charge on any atom is 0.151 e. The topological polar surface area (TPSA) is 30.7 Å². The average molecular weight is 209 g/mol. The van der Waals surface area contributed by atoms with Crippen molar-refractivity contribution in [2.24, 2.45) is 18.4 Å². The minimum absolute atomic E-state index is 0.274. The van der Waals surface area contributed by atoms with Crippen molar-refractivity contribution in [3.05, 3.63) is 11.6 Å². The van der Waals surface area contributed by atoms with Gasteiger partial charge in [0.1, 0.15) is 5.82 Å². The van der Waals surface area contributed by atoms with Crippen LogP contribution in [0.5, 0.6) is 0 Å². The summed E-state index contributed by atoms with van der Waals surface area (Å²) in [7, 11) is 1.98. The van der Waals surface area contributed by atoms with Gasteiger partial charge in [-0.25, -0.2) is 4.98 Å². The fraction of sp³-hybridized carbons (Fsp3) is 0.833. The van der Waals surface area contributed by atoms with Crippen LogP contribution in [0.15, 0.2) is 0 Å². The zero-order valence-electron chi connectivity index (χ0n) is 10.8. The van der Waals surface area contributed by atoms with Gasteiger partial charge in [0, 0.05) is 19.9 Å². The van der Waals surface area contributed by atoms with Crippen molar-refractivity contribution < 1.29 is 0 Å². The molecule has 0 spiro atoms. The Hall–Kier alpha value is -0.860. The Labute approximate surface area is 92.9 Å². The molecule has 0 aliphatic heterocycles. The van der Waals surface area contributed by atoms with E-state index in [1.54, 1.807) is 0 Å². The Morgan fingerprint density at radius 1 is 1.27 bits per heavy atom. The second-order valence-corrected chi connectivity index (χ2v) is 5.90. The molecule has 15 heavy (non-hydrogen) atoms. The summed E-state index contributed by atoms with van der Waals surface area (Å²) < 4.78 is 1.92. The highest BCUT2D eigenvalue weighted by Gasteiger charge is 2.16. The molecule has 3 heteroatoms. The average Bonchev–Trinajstić information content (AvgIpc) is 2.26. The van der Waals surface area contributed by atoms with Crippen molar-refractivity contribution >= 4 is 0 Å². The Morgan fingerprint density at radius 3 is 2.33 bits per heavy atom. The Bertz CT molecular complexity index is 318. The quantitative estimate of drug-likeness (QED) is 0.766.